The van der Waals surface area contributed by atoms with Gasteiger partial charge in [-0.3, -0.25) is 9.59 Å². The lowest BCUT2D eigenvalue weighted by Gasteiger charge is -2.18. The molecule has 3 N–H and O–H groups in total. The summed E-state index contributed by atoms with van der Waals surface area (Å²) in [6, 6.07) is 1.43. The fraction of sp³-hybridized carbons (Fsp3) is 0.583. The molecular formula is C12H20N4O3. The van der Waals surface area contributed by atoms with Crippen molar-refractivity contribution in [2.75, 3.05) is 18.9 Å². The minimum Gasteiger partial charge on any atom is -0.360 e. The predicted molar refractivity (Wildman–Crippen MR) is 70.4 cm³/mol. The van der Waals surface area contributed by atoms with E-state index in [1.807, 2.05) is 6.92 Å². The minimum atomic E-state index is -0.325. The Morgan fingerprint density at radius 1 is 1.58 bits per heavy atom. The van der Waals surface area contributed by atoms with Crippen LogP contribution in [-0.4, -0.2) is 41.5 Å². The van der Waals surface area contributed by atoms with E-state index in [-0.39, 0.29) is 30.8 Å². The SMILES string of the molecule is CCC(N)CC(=O)N(C)CC(=O)Nc1cc(C)on1. The minimum absolute atomic E-state index is 0.0405. The lowest BCUT2D eigenvalue weighted by atomic mass is 10.1. The molecule has 1 atom stereocenters. The van der Waals surface area contributed by atoms with Gasteiger partial charge in [0.1, 0.15) is 5.76 Å². The average Bonchev–Trinajstić information content (AvgIpc) is 2.74. The van der Waals surface area contributed by atoms with Gasteiger partial charge in [0.05, 0.1) is 6.54 Å². The van der Waals surface area contributed by atoms with Crippen LogP contribution in [0.3, 0.4) is 0 Å². The van der Waals surface area contributed by atoms with Crippen molar-refractivity contribution in [3.8, 4) is 0 Å². The maximum absolute atomic E-state index is 11.7. The average molecular weight is 268 g/mol. The van der Waals surface area contributed by atoms with Crippen LogP contribution < -0.4 is 11.1 Å². The Labute approximate surface area is 112 Å². The van der Waals surface area contributed by atoms with Gasteiger partial charge in [-0.2, -0.15) is 0 Å². The van der Waals surface area contributed by atoms with Crippen molar-refractivity contribution in [3.05, 3.63) is 11.8 Å². The summed E-state index contributed by atoms with van der Waals surface area (Å²) in [6.07, 6.45) is 0.966. The number of likely N-dealkylation sites (N-methyl/N-ethyl adjacent to an activating group) is 1. The van der Waals surface area contributed by atoms with E-state index < -0.39 is 0 Å². The van der Waals surface area contributed by atoms with Crippen molar-refractivity contribution in [2.45, 2.75) is 32.7 Å². The van der Waals surface area contributed by atoms with Crippen LogP contribution in [0, 0.1) is 6.92 Å². The maximum Gasteiger partial charge on any atom is 0.245 e. The zero-order valence-corrected chi connectivity index (χ0v) is 11.5. The normalized spacial score (nSPS) is 12.0. The van der Waals surface area contributed by atoms with Gasteiger partial charge < -0.3 is 20.5 Å². The Morgan fingerprint density at radius 2 is 2.26 bits per heavy atom. The van der Waals surface area contributed by atoms with Gasteiger partial charge in [-0.25, -0.2) is 0 Å². The first-order chi connectivity index (χ1) is 8.92. The predicted octanol–water partition coefficient (Wildman–Crippen LogP) is 0.507. The smallest absolute Gasteiger partial charge is 0.245 e. The molecular weight excluding hydrogens is 248 g/mol. The topological polar surface area (TPSA) is 101 Å². The van der Waals surface area contributed by atoms with E-state index in [4.69, 9.17) is 10.3 Å². The summed E-state index contributed by atoms with van der Waals surface area (Å²) in [5, 5.41) is 6.19. The van der Waals surface area contributed by atoms with Gasteiger partial charge >= 0.3 is 0 Å². The lowest BCUT2D eigenvalue weighted by Crippen LogP contribution is -2.38. The zero-order chi connectivity index (χ0) is 14.4. The molecule has 1 unspecified atom stereocenters. The Balaban J connectivity index is 2.41. The Hall–Kier alpha value is -1.89. The van der Waals surface area contributed by atoms with E-state index in [0.29, 0.717) is 11.6 Å². The number of nitrogens with zero attached hydrogens (tertiary/aromatic N) is 2. The van der Waals surface area contributed by atoms with Gasteiger partial charge in [0.15, 0.2) is 5.82 Å². The van der Waals surface area contributed by atoms with E-state index in [9.17, 15) is 9.59 Å². The third kappa shape index (κ3) is 5.09. The molecule has 0 saturated heterocycles. The van der Waals surface area contributed by atoms with Crippen LogP contribution in [-0.2, 0) is 9.59 Å². The Kier molecular flexibility index (Phi) is 5.50. The molecule has 1 aromatic heterocycles. The van der Waals surface area contributed by atoms with Crippen LogP contribution in [0.15, 0.2) is 10.6 Å². The standard InChI is InChI=1S/C12H20N4O3/c1-4-9(13)6-12(18)16(3)7-11(17)14-10-5-8(2)19-15-10/h5,9H,4,6-7,13H2,1-3H3,(H,14,15,17). The van der Waals surface area contributed by atoms with E-state index in [2.05, 4.69) is 10.5 Å². The summed E-state index contributed by atoms with van der Waals surface area (Å²) in [6.45, 7) is 3.60. The van der Waals surface area contributed by atoms with Gasteiger partial charge in [-0.15, -0.1) is 0 Å². The number of aromatic nitrogens is 1. The largest absolute Gasteiger partial charge is 0.360 e. The first-order valence-corrected chi connectivity index (χ1v) is 6.15. The number of hydrogen-bond donors (Lipinski definition) is 2. The molecule has 19 heavy (non-hydrogen) atoms. The zero-order valence-electron chi connectivity index (χ0n) is 11.5. The highest BCUT2D eigenvalue weighted by molar-refractivity contribution is 5.93. The molecule has 0 aliphatic heterocycles. The molecule has 0 aliphatic rings. The quantitative estimate of drug-likeness (QED) is 0.782. The van der Waals surface area contributed by atoms with Gasteiger partial charge in [0.25, 0.3) is 0 Å². The van der Waals surface area contributed by atoms with Crippen molar-refractivity contribution in [1.82, 2.24) is 10.1 Å². The molecule has 0 fully saturated rings. The number of rotatable bonds is 6. The fourth-order valence-corrected chi connectivity index (χ4v) is 1.44. The van der Waals surface area contributed by atoms with Crippen LogP contribution in [0.5, 0.6) is 0 Å². The van der Waals surface area contributed by atoms with Crippen LogP contribution in [0.4, 0.5) is 5.82 Å². The molecule has 0 aromatic carbocycles. The second kappa shape index (κ2) is 6.89. The second-order valence-electron chi connectivity index (χ2n) is 4.49. The lowest BCUT2D eigenvalue weighted by molar-refractivity contribution is -0.133. The molecule has 7 heteroatoms. The summed E-state index contributed by atoms with van der Waals surface area (Å²) in [7, 11) is 1.57. The molecule has 0 aliphatic carbocycles. The highest BCUT2D eigenvalue weighted by atomic mass is 16.5. The van der Waals surface area contributed by atoms with Gasteiger partial charge in [0, 0.05) is 25.6 Å². The summed E-state index contributed by atoms with van der Waals surface area (Å²) >= 11 is 0. The van der Waals surface area contributed by atoms with Crippen molar-refractivity contribution >= 4 is 17.6 Å². The van der Waals surface area contributed by atoms with Crippen molar-refractivity contribution < 1.29 is 14.1 Å². The van der Waals surface area contributed by atoms with E-state index in [1.165, 1.54) is 4.90 Å². The molecule has 0 saturated carbocycles. The molecule has 0 radical (unpaired) electrons. The number of carbonyl (C=O) groups excluding carboxylic acids is 2. The molecule has 1 aromatic rings. The number of hydrogen-bond acceptors (Lipinski definition) is 5. The number of carbonyl (C=O) groups is 2. The molecule has 0 spiro atoms. The van der Waals surface area contributed by atoms with Crippen molar-refractivity contribution in [2.24, 2.45) is 5.73 Å². The highest BCUT2D eigenvalue weighted by Crippen LogP contribution is 2.07. The van der Waals surface area contributed by atoms with E-state index in [0.717, 1.165) is 6.42 Å². The van der Waals surface area contributed by atoms with Gasteiger partial charge in [0.2, 0.25) is 11.8 Å². The first kappa shape index (κ1) is 15.2. The monoisotopic (exact) mass is 268 g/mol. The molecule has 106 valence electrons. The molecule has 1 heterocycles. The summed E-state index contributed by atoms with van der Waals surface area (Å²) in [5.74, 6) is 0.470. The number of nitrogens with two attached hydrogens (primary N) is 1. The summed E-state index contributed by atoms with van der Waals surface area (Å²) < 4.78 is 4.82. The molecule has 2 amide bonds. The van der Waals surface area contributed by atoms with Crippen molar-refractivity contribution in [3.63, 3.8) is 0 Å². The van der Waals surface area contributed by atoms with Crippen LogP contribution in [0.2, 0.25) is 0 Å². The van der Waals surface area contributed by atoms with E-state index >= 15 is 0 Å². The van der Waals surface area contributed by atoms with E-state index in [1.54, 1.807) is 20.0 Å². The number of aryl methyl sites for hydroxylation is 1. The summed E-state index contributed by atoms with van der Waals surface area (Å²) in [4.78, 5) is 24.8. The second-order valence-corrected chi connectivity index (χ2v) is 4.49. The molecule has 0 bridgehead atoms. The van der Waals surface area contributed by atoms with Crippen LogP contribution >= 0.6 is 0 Å². The molecule has 7 nitrogen and oxygen atoms in total. The number of amides is 2. The van der Waals surface area contributed by atoms with Gasteiger partial charge in [-0.05, 0) is 13.3 Å². The maximum atomic E-state index is 11.7. The van der Waals surface area contributed by atoms with Crippen LogP contribution in [0.1, 0.15) is 25.5 Å². The number of anilines is 1. The van der Waals surface area contributed by atoms with Crippen LogP contribution in [0.25, 0.3) is 0 Å². The number of nitrogens with one attached hydrogen (secondary N) is 1. The molecule has 1 rings (SSSR count). The summed E-state index contributed by atoms with van der Waals surface area (Å²) in [5.41, 5.74) is 5.70. The fourth-order valence-electron chi connectivity index (χ4n) is 1.44. The van der Waals surface area contributed by atoms with Gasteiger partial charge in [-0.1, -0.05) is 12.1 Å². The van der Waals surface area contributed by atoms with Crippen molar-refractivity contribution in [1.29, 1.82) is 0 Å². The Bertz CT molecular complexity index is 444. The highest BCUT2D eigenvalue weighted by Gasteiger charge is 2.16. The Morgan fingerprint density at radius 3 is 2.79 bits per heavy atom. The third-order valence-corrected chi connectivity index (χ3v) is 2.66. The third-order valence-electron chi connectivity index (χ3n) is 2.66. The first-order valence-electron chi connectivity index (χ1n) is 6.15.